The third kappa shape index (κ3) is 1.99. The molecule has 0 unspecified atom stereocenters. The van der Waals surface area contributed by atoms with Gasteiger partial charge in [0, 0.05) is 0 Å². The highest BCUT2D eigenvalue weighted by atomic mass is 79.9. The zero-order valence-electron chi connectivity index (χ0n) is 7.65. The molecule has 0 aliphatic heterocycles. The van der Waals surface area contributed by atoms with Gasteiger partial charge in [-0.2, -0.15) is 0 Å². The van der Waals surface area contributed by atoms with Gasteiger partial charge in [-0.3, -0.25) is 0 Å². The molecule has 0 aliphatic carbocycles. The van der Waals surface area contributed by atoms with Gasteiger partial charge in [-0.15, -0.1) is 0 Å². The lowest BCUT2D eigenvalue weighted by atomic mass is 10.2. The molecule has 1 aromatic rings. The Balaban J connectivity index is 3.39. The van der Waals surface area contributed by atoms with E-state index < -0.39 is 0 Å². The van der Waals surface area contributed by atoms with Gasteiger partial charge >= 0.3 is 0 Å². The molecule has 72 valence electrons. The summed E-state index contributed by atoms with van der Waals surface area (Å²) in [4.78, 5) is 0. The molecule has 0 N–H and O–H groups in total. The maximum atomic E-state index is 5.23. The summed E-state index contributed by atoms with van der Waals surface area (Å²) in [6, 6.07) is 1.94. The molecule has 0 heterocycles. The number of ether oxygens (including phenoxy) is 2. The lowest BCUT2D eigenvalue weighted by molar-refractivity contribution is 0.387. The van der Waals surface area contributed by atoms with Gasteiger partial charge in [0.2, 0.25) is 0 Å². The minimum Gasteiger partial charge on any atom is -0.495 e. The predicted octanol–water partition coefficient (Wildman–Crippen LogP) is 3.54. The number of aryl methyl sites for hydroxylation is 1. The Morgan fingerprint density at radius 1 is 1.08 bits per heavy atom. The molecule has 0 amide bonds. The topological polar surface area (TPSA) is 18.5 Å². The number of hydrogen-bond acceptors (Lipinski definition) is 2. The van der Waals surface area contributed by atoms with Crippen LogP contribution in [0.5, 0.6) is 11.5 Å². The third-order valence-corrected chi connectivity index (χ3v) is 3.47. The Labute approximate surface area is 94.5 Å². The minimum atomic E-state index is 0.761. The van der Waals surface area contributed by atoms with Gasteiger partial charge in [0.25, 0.3) is 0 Å². The summed E-state index contributed by atoms with van der Waals surface area (Å²) in [5.41, 5.74) is 1.08. The van der Waals surface area contributed by atoms with Crippen molar-refractivity contribution in [2.75, 3.05) is 14.2 Å². The molecule has 0 saturated heterocycles. The second kappa shape index (κ2) is 4.33. The fourth-order valence-electron chi connectivity index (χ4n) is 1.04. The number of benzene rings is 1. The Morgan fingerprint density at radius 3 is 2.15 bits per heavy atom. The molecule has 13 heavy (non-hydrogen) atoms. The van der Waals surface area contributed by atoms with Crippen molar-refractivity contribution in [2.24, 2.45) is 0 Å². The summed E-state index contributed by atoms with van der Waals surface area (Å²) in [6.07, 6.45) is 0. The second-order valence-corrected chi connectivity index (χ2v) is 4.14. The maximum Gasteiger partial charge on any atom is 0.151 e. The van der Waals surface area contributed by atoms with E-state index in [9.17, 15) is 0 Å². The van der Waals surface area contributed by atoms with Crippen molar-refractivity contribution < 1.29 is 9.47 Å². The molecule has 4 heteroatoms. The standard InChI is InChI=1S/C9H10Br2O2/c1-5-4-6(12-2)8(11)9(13-3)7(5)10/h4H,1-3H3. The quantitative estimate of drug-likeness (QED) is 0.832. The average molecular weight is 310 g/mol. The van der Waals surface area contributed by atoms with Crippen molar-refractivity contribution in [3.63, 3.8) is 0 Å². The largest absolute Gasteiger partial charge is 0.495 e. The molecule has 0 radical (unpaired) electrons. The number of hydrogen-bond donors (Lipinski definition) is 0. The van der Waals surface area contributed by atoms with Crippen molar-refractivity contribution in [2.45, 2.75) is 6.92 Å². The van der Waals surface area contributed by atoms with Gasteiger partial charge in [-0.25, -0.2) is 0 Å². The molecular weight excluding hydrogens is 300 g/mol. The summed E-state index contributed by atoms with van der Waals surface area (Å²) in [5, 5.41) is 0. The smallest absolute Gasteiger partial charge is 0.151 e. The van der Waals surface area contributed by atoms with Gasteiger partial charge in [0.05, 0.1) is 18.7 Å². The van der Waals surface area contributed by atoms with Crippen LogP contribution in [0.2, 0.25) is 0 Å². The number of rotatable bonds is 2. The molecule has 0 aromatic heterocycles. The van der Waals surface area contributed by atoms with Crippen molar-refractivity contribution in [1.82, 2.24) is 0 Å². The fraction of sp³-hybridized carbons (Fsp3) is 0.333. The van der Waals surface area contributed by atoms with Gasteiger partial charge in [-0.1, -0.05) is 0 Å². The molecule has 1 aromatic carbocycles. The van der Waals surface area contributed by atoms with E-state index in [1.807, 2.05) is 13.0 Å². The molecule has 0 fully saturated rings. The van der Waals surface area contributed by atoms with Crippen LogP contribution in [0.25, 0.3) is 0 Å². The Hall–Kier alpha value is -0.220. The molecule has 1 rings (SSSR count). The zero-order valence-corrected chi connectivity index (χ0v) is 10.8. The van der Waals surface area contributed by atoms with E-state index in [0.717, 1.165) is 26.0 Å². The molecule has 2 nitrogen and oxygen atoms in total. The Bertz CT molecular complexity index is 324. The van der Waals surface area contributed by atoms with Crippen LogP contribution in [-0.2, 0) is 0 Å². The average Bonchev–Trinajstić information content (AvgIpc) is 2.12. The second-order valence-electron chi connectivity index (χ2n) is 2.56. The van der Waals surface area contributed by atoms with Crippen LogP contribution in [0.15, 0.2) is 15.0 Å². The zero-order chi connectivity index (χ0) is 10.0. The Morgan fingerprint density at radius 2 is 1.69 bits per heavy atom. The van der Waals surface area contributed by atoms with E-state index in [1.54, 1.807) is 14.2 Å². The first-order chi connectivity index (χ1) is 6.11. The SMILES string of the molecule is COc1cc(C)c(Br)c(OC)c1Br. The van der Waals surface area contributed by atoms with Crippen LogP contribution >= 0.6 is 31.9 Å². The maximum absolute atomic E-state index is 5.23. The lowest BCUT2D eigenvalue weighted by Crippen LogP contribution is -1.92. The van der Waals surface area contributed by atoms with Gasteiger partial charge in [-0.05, 0) is 50.4 Å². The monoisotopic (exact) mass is 308 g/mol. The molecule has 0 bridgehead atoms. The summed E-state index contributed by atoms with van der Waals surface area (Å²) < 4.78 is 12.2. The van der Waals surface area contributed by atoms with E-state index in [2.05, 4.69) is 31.9 Å². The van der Waals surface area contributed by atoms with E-state index in [4.69, 9.17) is 9.47 Å². The first kappa shape index (κ1) is 10.9. The predicted molar refractivity (Wildman–Crippen MR) is 59.7 cm³/mol. The van der Waals surface area contributed by atoms with Gasteiger partial charge < -0.3 is 9.47 Å². The van der Waals surface area contributed by atoms with Gasteiger partial charge in [0.15, 0.2) is 5.75 Å². The minimum absolute atomic E-state index is 0.761. The van der Waals surface area contributed by atoms with Crippen LogP contribution in [0.3, 0.4) is 0 Å². The lowest BCUT2D eigenvalue weighted by Gasteiger charge is -2.12. The molecule has 0 atom stereocenters. The van der Waals surface area contributed by atoms with Crippen LogP contribution in [0, 0.1) is 6.92 Å². The third-order valence-electron chi connectivity index (χ3n) is 1.73. The highest BCUT2D eigenvalue weighted by Crippen LogP contribution is 2.41. The summed E-state index contributed by atoms with van der Waals surface area (Å²) >= 11 is 6.85. The van der Waals surface area contributed by atoms with Gasteiger partial charge in [0.1, 0.15) is 10.2 Å². The van der Waals surface area contributed by atoms with Crippen LogP contribution < -0.4 is 9.47 Å². The first-order valence-electron chi connectivity index (χ1n) is 3.68. The van der Waals surface area contributed by atoms with E-state index >= 15 is 0 Å². The highest BCUT2D eigenvalue weighted by molar-refractivity contribution is 9.11. The summed E-state index contributed by atoms with van der Waals surface area (Å²) in [6.45, 7) is 1.99. The molecule has 0 spiro atoms. The van der Waals surface area contributed by atoms with E-state index in [-0.39, 0.29) is 0 Å². The van der Waals surface area contributed by atoms with Crippen molar-refractivity contribution in [1.29, 1.82) is 0 Å². The normalized spacial score (nSPS) is 9.92. The molecule has 0 aliphatic rings. The number of methoxy groups -OCH3 is 2. The molecule has 0 saturated carbocycles. The summed E-state index contributed by atoms with van der Waals surface area (Å²) in [5.74, 6) is 1.54. The Kier molecular flexibility index (Phi) is 3.62. The van der Waals surface area contributed by atoms with E-state index in [0.29, 0.717) is 0 Å². The number of halogens is 2. The van der Waals surface area contributed by atoms with Crippen LogP contribution in [0.1, 0.15) is 5.56 Å². The van der Waals surface area contributed by atoms with Crippen molar-refractivity contribution in [3.8, 4) is 11.5 Å². The van der Waals surface area contributed by atoms with Crippen LogP contribution in [-0.4, -0.2) is 14.2 Å². The van der Waals surface area contributed by atoms with Crippen LogP contribution in [0.4, 0.5) is 0 Å². The van der Waals surface area contributed by atoms with E-state index in [1.165, 1.54) is 0 Å². The van der Waals surface area contributed by atoms with Crippen molar-refractivity contribution in [3.05, 3.63) is 20.6 Å². The fourth-order valence-corrected chi connectivity index (χ4v) is 2.42. The highest BCUT2D eigenvalue weighted by Gasteiger charge is 2.13. The summed E-state index contributed by atoms with van der Waals surface area (Å²) in [7, 11) is 3.26. The van der Waals surface area contributed by atoms with Crippen molar-refractivity contribution >= 4 is 31.9 Å². The molecular formula is C9H10Br2O2. The first-order valence-corrected chi connectivity index (χ1v) is 5.27.